The number of nitrogens with one attached hydrogen (secondary N) is 4. The predicted molar refractivity (Wildman–Crippen MR) is 113 cm³/mol. The topological polar surface area (TPSA) is 88.1 Å². The van der Waals surface area contributed by atoms with Gasteiger partial charge in [-0.05, 0) is 38.1 Å². The lowest BCUT2D eigenvalue weighted by Crippen LogP contribution is -2.36. The van der Waals surface area contributed by atoms with Crippen LogP contribution in [0.15, 0.2) is 36.7 Å². The molecule has 2 aromatic heterocycles. The van der Waals surface area contributed by atoms with Crippen LogP contribution in [0.1, 0.15) is 36.9 Å². The summed E-state index contributed by atoms with van der Waals surface area (Å²) in [6.07, 6.45) is 6.76. The van der Waals surface area contributed by atoms with E-state index >= 15 is 0 Å². The van der Waals surface area contributed by atoms with E-state index in [4.69, 9.17) is 9.72 Å². The summed E-state index contributed by atoms with van der Waals surface area (Å²) in [4.78, 5) is 9.43. The minimum atomic E-state index is -0.309. The second kappa shape index (κ2) is 8.17. The first-order chi connectivity index (χ1) is 14.7. The monoisotopic (exact) mass is 411 g/mol. The Morgan fingerprint density at radius 1 is 1.20 bits per heavy atom. The normalized spacial score (nSPS) is 22.5. The third-order valence-corrected chi connectivity index (χ3v) is 5.92. The van der Waals surface area contributed by atoms with Crippen LogP contribution in [0.4, 0.5) is 10.2 Å². The van der Waals surface area contributed by atoms with Gasteiger partial charge in [0.2, 0.25) is 0 Å². The zero-order valence-corrected chi connectivity index (χ0v) is 16.9. The van der Waals surface area contributed by atoms with Crippen molar-refractivity contribution in [1.82, 2.24) is 30.7 Å². The molecular formula is C21H26FN7O. The van der Waals surface area contributed by atoms with E-state index in [1.54, 1.807) is 19.4 Å². The Morgan fingerprint density at radius 2 is 2.07 bits per heavy atom. The van der Waals surface area contributed by atoms with Crippen LogP contribution in [0.5, 0.6) is 5.75 Å². The number of ether oxygens (including phenoxy) is 1. The van der Waals surface area contributed by atoms with Gasteiger partial charge >= 0.3 is 0 Å². The molecule has 30 heavy (non-hydrogen) atoms. The Bertz CT molecular complexity index is 1030. The molecule has 2 aliphatic rings. The number of hydrogen-bond donors (Lipinski definition) is 4. The number of rotatable bonds is 5. The average molecular weight is 411 g/mol. The molecule has 8 nitrogen and oxygen atoms in total. The number of nitrogens with zero attached hydrogens (tertiary/aromatic N) is 3. The molecule has 2 saturated heterocycles. The lowest BCUT2D eigenvalue weighted by Gasteiger charge is -2.24. The lowest BCUT2D eigenvalue weighted by molar-refractivity contribution is 0.375. The third-order valence-electron chi connectivity index (χ3n) is 5.92. The summed E-state index contributed by atoms with van der Waals surface area (Å²) < 4.78 is 21.1. The van der Waals surface area contributed by atoms with Gasteiger partial charge in [0.25, 0.3) is 0 Å². The van der Waals surface area contributed by atoms with Crippen LogP contribution < -0.4 is 26.2 Å². The Balaban J connectivity index is 1.31. The van der Waals surface area contributed by atoms with Crippen molar-refractivity contribution in [2.45, 2.75) is 37.5 Å². The number of piperidine rings is 1. The molecule has 5 rings (SSSR count). The minimum absolute atomic E-state index is 0.00617. The van der Waals surface area contributed by atoms with Crippen molar-refractivity contribution >= 4 is 17.0 Å². The summed E-state index contributed by atoms with van der Waals surface area (Å²) in [5.41, 5.74) is 9.24. The molecule has 1 aromatic carbocycles. The second-order valence-corrected chi connectivity index (χ2v) is 7.83. The predicted octanol–water partition coefficient (Wildman–Crippen LogP) is 2.48. The third kappa shape index (κ3) is 3.71. The molecule has 0 bridgehead atoms. The fourth-order valence-corrected chi connectivity index (χ4v) is 4.37. The molecule has 158 valence electrons. The molecule has 2 fully saturated rings. The fraction of sp³-hybridized carbons (Fsp3) is 0.429. The largest absolute Gasteiger partial charge is 0.496 e. The number of aromatic nitrogens is 3. The Labute approximate surface area is 174 Å². The molecule has 0 aliphatic carbocycles. The summed E-state index contributed by atoms with van der Waals surface area (Å²) in [6.45, 7) is 2.06. The van der Waals surface area contributed by atoms with Gasteiger partial charge in [-0.3, -0.25) is 0 Å². The van der Waals surface area contributed by atoms with E-state index in [2.05, 4.69) is 37.2 Å². The van der Waals surface area contributed by atoms with Crippen LogP contribution in [0.25, 0.3) is 11.2 Å². The van der Waals surface area contributed by atoms with Crippen LogP contribution in [0.2, 0.25) is 0 Å². The van der Waals surface area contributed by atoms with E-state index in [1.807, 2.05) is 6.07 Å². The number of fused-ring (bicyclic) bond motifs is 1. The fourth-order valence-electron chi connectivity index (χ4n) is 4.37. The number of anilines is 1. The van der Waals surface area contributed by atoms with E-state index in [1.165, 1.54) is 12.1 Å². The van der Waals surface area contributed by atoms with Crippen molar-refractivity contribution in [1.29, 1.82) is 0 Å². The summed E-state index contributed by atoms with van der Waals surface area (Å²) >= 11 is 0. The first-order valence-electron chi connectivity index (χ1n) is 10.4. The summed E-state index contributed by atoms with van der Waals surface area (Å²) in [6, 6.07) is 7.10. The summed E-state index contributed by atoms with van der Waals surface area (Å²) in [5, 5.41) is 6.82. The summed E-state index contributed by atoms with van der Waals surface area (Å²) in [7, 11) is 1.55. The molecule has 2 atom stereocenters. The number of methoxy groups -OCH3 is 1. The average Bonchev–Trinajstić information content (AvgIpc) is 3.41. The van der Waals surface area contributed by atoms with Crippen LogP contribution in [0, 0.1) is 5.82 Å². The molecule has 4 N–H and O–H groups in total. The van der Waals surface area contributed by atoms with E-state index in [9.17, 15) is 4.39 Å². The minimum Gasteiger partial charge on any atom is -0.496 e. The van der Waals surface area contributed by atoms with Gasteiger partial charge < -0.3 is 19.9 Å². The Kier molecular flexibility index (Phi) is 5.24. The SMILES string of the molecule is COc1cc(F)ccc1C1CC(Nc2cnc3ccn(C4CCNCC4)c3n2)NN1. The zero-order valence-electron chi connectivity index (χ0n) is 16.9. The van der Waals surface area contributed by atoms with Crippen molar-refractivity contribution in [3.63, 3.8) is 0 Å². The van der Waals surface area contributed by atoms with Crippen molar-refractivity contribution in [2.75, 3.05) is 25.5 Å². The van der Waals surface area contributed by atoms with Gasteiger partial charge in [0.1, 0.15) is 22.9 Å². The molecule has 0 spiro atoms. The Hall–Kier alpha value is -2.75. The first-order valence-corrected chi connectivity index (χ1v) is 10.4. The maximum Gasteiger partial charge on any atom is 0.161 e. The second-order valence-electron chi connectivity index (χ2n) is 7.83. The maximum absolute atomic E-state index is 13.5. The van der Waals surface area contributed by atoms with E-state index in [-0.39, 0.29) is 18.0 Å². The molecule has 0 radical (unpaired) electrons. The first kappa shape index (κ1) is 19.2. The molecule has 3 aromatic rings. The van der Waals surface area contributed by atoms with Gasteiger partial charge in [-0.25, -0.2) is 25.2 Å². The van der Waals surface area contributed by atoms with E-state index in [0.717, 1.165) is 54.9 Å². The van der Waals surface area contributed by atoms with Gasteiger partial charge in [0.05, 0.1) is 25.5 Å². The van der Waals surface area contributed by atoms with Gasteiger partial charge in [0.15, 0.2) is 5.65 Å². The highest BCUT2D eigenvalue weighted by Crippen LogP contribution is 2.31. The van der Waals surface area contributed by atoms with Crippen molar-refractivity contribution in [3.05, 3.63) is 48.0 Å². The van der Waals surface area contributed by atoms with Gasteiger partial charge in [-0.15, -0.1) is 0 Å². The highest BCUT2D eigenvalue weighted by molar-refractivity contribution is 5.73. The summed E-state index contributed by atoms with van der Waals surface area (Å²) in [5.74, 6) is 0.954. The van der Waals surface area contributed by atoms with Crippen molar-refractivity contribution in [2.24, 2.45) is 0 Å². The zero-order chi connectivity index (χ0) is 20.5. The van der Waals surface area contributed by atoms with Crippen LogP contribution in [0.3, 0.4) is 0 Å². The van der Waals surface area contributed by atoms with Gasteiger partial charge in [-0.1, -0.05) is 6.07 Å². The quantitative estimate of drug-likeness (QED) is 0.513. The number of benzene rings is 1. The maximum atomic E-state index is 13.5. The van der Waals surface area contributed by atoms with Gasteiger partial charge in [0, 0.05) is 30.3 Å². The highest BCUT2D eigenvalue weighted by atomic mass is 19.1. The highest BCUT2D eigenvalue weighted by Gasteiger charge is 2.28. The molecule has 4 heterocycles. The molecule has 2 unspecified atom stereocenters. The van der Waals surface area contributed by atoms with Crippen LogP contribution in [-0.4, -0.2) is 40.9 Å². The van der Waals surface area contributed by atoms with Crippen LogP contribution in [-0.2, 0) is 0 Å². The Morgan fingerprint density at radius 3 is 2.90 bits per heavy atom. The van der Waals surface area contributed by atoms with Crippen molar-refractivity contribution < 1.29 is 9.13 Å². The standard InChI is InChI=1S/C21H26FN7O/c1-30-18-10-13(22)2-3-15(18)17-11-19(28-27-17)25-20-12-24-16-6-9-29(21(16)26-20)14-4-7-23-8-5-14/h2-3,6,9-10,12,14,17,19,23,27-28H,4-5,7-8,11H2,1H3,(H,25,26). The number of hydrazine groups is 1. The molecule has 2 aliphatic heterocycles. The molecule has 9 heteroatoms. The smallest absolute Gasteiger partial charge is 0.161 e. The number of halogens is 1. The van der Waals surface area contributed by atoms with E-state index in [0.29, 0.717) is 11.8 Å². The molecular weight excluding hydrogens is 385 g/mol. The number of hydrogen-bond acceptors (Lipinski definition) is 7. The molecule has 0 saturated carbocycles. The lowest BCUT2D eigenvalue weighted by atomic mass is 10.0. The van der Waals surface area contributed by atoms with E-state index < -0.39 is 0 Å². The van der Waals surface area contributed by atoms with Crippen LogP contribution >= 0.6 is 0 Å². The van der Waals surface area contributed by atoms with Crippen molar-refractivity contribution in [3.8, 4) is 5.75 Å². The molecule has 0 amide bonds. The van der Waals surface area contributed by atoms with Gasteiger partial charge in [-0.2, -0.15) is 0 Å².